The third-order valence-electron chi connectivity index (χ3n) is 5.57. The normalized spacial score (nSPS) is 19.5. The van der Waals surface area contributed by atoms with E-state index in [0.29, 0.717) is 32.8 Å². The molecule has 0 aliphatic carbocycles. The fourth-order valence-electron chi connectivity index (χ4n) is 3.79. The number of thiocarbonyl (C=S) groups is 1. The number of piperazine rings is 1. The molecule has 2 fully saturated rings. The summed E-state index contributed by atoms with van der Waals surface area (Å²) in [5, 5.41) is 0. The summed E-state index contributed by atoms with van der Waals surface area (Å²) in [4.78, 5) is 37.6. The summed E-state index contributed by atoms with van der Waals surface area (Å²) in [5.41, 5.74) is 1.86. The van der Waals surface area contributed by atoms with Crippen LogP contribution in [0.5, 0.6) is 0 Å². The minimum Gasteiger partial charge on any atom is -0.353 e. The van der Waals surface area contributed by atoms with Gasteiger partial charge in [-0.25, -0.2) is 4.98 Å². The number of aryl methyl sites for hydroxylation is 1. The summed E-state index contributed by atoms with van der Waals surface area (Å²) in [7, 11) is 0. The van der Waals surface area contributed by atoms with Crippen LogP contribution in [0.1, 0.15) is 25.0 Å². The number of pyridine rings is 1. The van der Waals surface area contributed by atoms with Gasteiger partial charge in [0.15, 0.2) is 0 Å². The molecule has 2 aliphatic heterocycles. The summed E-state index contributed by atoms with van der Waals surface area (Å²) >= 11 is 6.58. The van der Waals surface area contributed by atoms with E-state index in [-0.39, 0.29) is 11.5 Å². The predicted octanol–water partition coefficient (Wildman–Crippen LogP) is 2.37. The second-order valence-electron chi connectivity index (χ2n) is 7.44. The number of carbonyl (C=O) groups excluding carboxylic acids is 1. The molecule has 0 N–H and O–H groups in total. The standard InChI is InChI=1S/C21H25N5O2S2/c1-4-23-8-10-24(11-9-23)18-15(12-16-20(28)25(5-2)21(29)30-16)19(27)26-13-14(3)6-7-17(26)22-18/h6-7,12-13H,4-5,8-11H2,1-3H3/b16-12+. The van der Waals surface area contributed by atoms with Crippen molar-refractivity contribution >= 4 is 51.7 Å². The topological polar surface area (TPSA) is 61.2 Å². The van der Waals surface area contributed by atoms with Gasteiger partial charge in [-0.3, -0.25) is 18.9 Å². The molecule has 9 heteroatoms. The molecular weight excluding hydrogens is 418 g/mol. The van der Waals surface area contributed by atoms with Crippen LogP contribution < -0.4 is 10.5 Å². The molecule has 0 spiro atoms. The van der Waals surface area contributed by atoms with Crippen molar-refractivity contribution in [2.24, 2.45) is 0 Å². The van der Waals surface area contributed by atoms with Crippen LogP contribution in [0.3, 0.4) is 0 Å². The molecule has 2 aromatic rings. The first kappa shape index (κ1) is 21.0. The number of likely N-dealkylation sites (N-methyl/N-ethyl adjacent to an activating group) is 2. The molecule has 30 heavy (non-hydrogen) atoms. The second-order valence-corrected chi connectivity index (χ2v) is 9.11. The quantitative estimate of drug-likeness (QED) is 0.531. The number of hydrogen-bond acceptors (Lipinski definition) is 7. The number of fused-ring (bicyclic) bond motifs is 1. The molecule has 0 saturated carbocycles. The van der Waals surface area contributed by atoms with Crippen LogP contribution in [-0.4, -0.2) is 68.7 Å². The lowest BCUT2D eigenvalue weighted by Gasteiger charge is -2.35. The number of nitrogens with zero attached hydrogens (tertiary/aromatic N) is 5. The van der Waals surface area contributed by atoms with Gasteiger partial charge in [-0.05, 0) is 38.1 Å². The van der Waals surface area contributed by atoms with Crippen molar-refractivity contribution in [3.63, 3.8) is 0 Å². The number of amides is 1. The minimum atomic E-state index is -0.168. The zero-order chi connectivity index (χ0) is 21.4. The Balaban J connectivity index is 1.85. The Morgan fingerprint density at radius 1 is 1.13 bits per heavy atom. The Bertz CT molecular complexity index is 1100. The second kappa shape index (κ2) is 8.49. The van der Waals surface area contributed by atoms with Gasteiger partial charge in [-0.2, -0.15) is 0 Å². The zero-order valence-corrected chi connectivity index (χ0v) is 19.1. The van der Waals surface area contributed by atoms with Crippen LogP contribution in [0.2, 0.25) is 0 Å². The van der Waals surface area contributed by atoms with E-state index >= 15 is 0 Å². The fourth-order valence-corrected chi connectivity index (χ4v) is 5.16. The van der Waals surface area contributed by atoms with Gasteiger partial charge in [0.1, 0.15) is 15.8 Å². The summed E-state index contributed by atoms with van der Waals surface area (Å²) in [6, 6.07) is 3.81. The summed E-state index contributed by atoms with van der Waals surface area (Å²) in [5.74, 6) is 0.490. The maximum Gasteiger partial charge on any atom is 0.267 e. The Hall–Kier alpha value is -2.23. The first-order chi connectivity index (χ1) is 14.4. The van der Waals surface area contributed by atoms with Gasteiger partial charge < -0.3 is 9.80 Å². The number of rotatable bonds is 4. The van der Waals surface area contributed by atoms with E-state index in [1.807, 2.05) is 26.0 Å². The van der Waals surface area contributed by atoms with Crippen LogP contribution >= 0.6 is 24.0 Å². The van der Waals surface area contributed by atoms with Crippen molar-refractivity contribution in [3.8, 4) is 0 Å². The Morgan fingerprint density at radius 2 is 1.87 bits per heavy atom. The summed E-state index contributed by atoms with van der Waals surface area (Å²) < 4.78 is 2.09. The molecule has 158 valence electrons. The van der Waals surface area contributed by atoms with E-state index in [2.05, 4.69) is 16.7 Å². The van der Waals surface area contributed by atoms with E-state index < -0.39 is 0 Å². The predicted molar refractivity (Wildman–Crippen MR) is 126 cm³/mol. The van der Waals surface area contributed by atoms with Crippen LogP contribution in [0, 0.1) is 6.92 Å². The highest BCUT2D eigenvalue weighted by molar-refractivity contribution is 8.26. The zero-order valence-electron chi connectivity index (χ0n) is 17.4. The number of anilines is 1. The Morgan fingerprint density at radius 3 is 2.50 bits per heavy atom. The van der Waals surface area contributed by atoms with Crippen molar-refractivity contribution in [3.05, 3.63) is 44.7 Å². The van der Waals surface area contributed by atoms with E-state index in [0.717, 1.165) is 38.3 Å². The van der Waals surface area contributed by atoms with Gasteiger partial charge in [-0.15, -0.1) is 0 Å². The van der Waals surface area contributed by atoms with E-state index in [1.165, 1.54) is 11.8 Å². The van der Waals surface area contributed by atoms with Gasteiger partial charge >= 0.3 is 0 Å². The SMILES string of the molecule is CCN1CCN(c2nc3ccc(C)cn3c(=O)c2/C=C2/SC(=S)N(CC)C2=O)CC1. The highest BCUT2D eigenvalue weighted by atomic mass is 32.2. The maximum absolute atomic E-state index is 13.5. The molecule has 1 amide bonds. The highest BCUT2D eigenvalue weighted by Crippen LogP contribution is 2.33. The van der Waals surface area contributed by atoms with Crippen molar-refractivity contribution < 1.29 is 4.79 Å². The number of thioether (sulfide) groups is 1. The van der Waals surface area contributed by atoms with Gasteiger partial charge in [0.2, 0.25) is 0 Å². The van der Waals surface area contributed by atoms with Crippen molar-refractivity contribution in [1.29, 1.82) is 0 Å². The van der Waals surface area contributed by atoms with Crippen LogP contribution in [0.4, 0.5) is 5.82 Å². The summed E-state index contributed by atoms with van der Waals surface area (Å²) in [6.07, 6.45) is 3.47. The fraction of sp³-hybridized carbons (Fsp3) is 0.429. The Labute approximate surface area is 185 Å². The lowest BCUT2D eigenvalue weighted by Crippen LogP contribution is -2.47. The number of carbonyl (C=O) groups is 1. The number of aromatic nitrogens is 2. The molecule has 2 aliphatic rings. The van der Waals surface area contributed by atoms with Gasteiger partial charge in [-0.1, -0.05) is 37.0 Å². The first-order valence-electron chi connectivity index (χ1n) is 10.2. The molecule has 0 radical (unpaired) electrons. The van der Waals surface area contributed by atoms with Gasteiger partial charge in [0, 0.05) is 38.9 Å². The molecule has 0 aromatic carbocycles. The molecule has 4 rings (SSSR count). The van der Waals surface area contributed by atoms with E-state index in [4.69, 9.17) is 17.2 Å². The Kier molecular flexibility index (Phi) is 5.95. The van der Waals surface area contributed by atoms with Crippen molar-refractivity contribution in [2.45, 2.75) is 20.8 Å². The van der Waals surface area contributed by atoms with Crippen molar-refractivity contribution in [2.75, 3.05) is 44.2 Å². The van der Waals surface area contributed by atoms with E-state index in [1.54, 1.807) is 21.6 Å². The van der Waals surface area contributed by atoms with E-state index in [9.17, 15) is 9.59 Å². The van der Waals surface area contributed by atoms with Crippen LogP contribution in [0.25, 0.3) is 11.7 Å². The van der Waals surface area contributed by atoms with Gasteiger partial charge in [0.25, 0.3) is 11.5 Å². The number of hydrogen-bond donors (Lipinski definition) is 0. The third kappa shape index (κ3) is 3.77. The molecule has 4 heterocycles. The molecule has 0 bridgehead atoms. The summed E-state index contributed by atoms with van der Waals surface area (Å²) in [6.45, 7) is 10.9. The lowest BCUT2D eigenvalue weighted by molar-refractivity contribution is -0.121. The van der Waals surface area contributed by atoms with Crippen LogP contribution in [0.15, 0.2) is 28.0 Å². The molecule has 0 atom stereocenters. The lowest BCUT2D eigenvalue weighted by atomic mass is 10.2. The first-order valence-corrected chi connectivity index (χ1v) is 11.4. The molecule has 2 aromatic heterocycles. The van der Waals surface area contributed by atoms with Gasteiger partial charge in [0.05, 0.1) is 10.5 Å². The third-order valence-corrected chi connectivity index (χ3v) is 6.95. The molecule has 2 saturated heterocycles. The average molecular weight is 444 g/mol. The smallest absolute Gasteiger partial charge is 0.267 e. The average Bonchev–Trinajstić information content (AvgIpc) is 3.02. The van der Waals surface area contributed by atoms with Crippen LogP contribution in [-0.2, 0) is 4.79 Å². The molecule has 0 unspecified atom stereocenters. The molecular formula is C21H25N5O2S2. The molecule has 7 nitrogen and oxygen atoms in total. The van der Waals surface area contributed by atoms with Crippen molar-refractivity contribution in [1.82, 2.24) is 19.2 Å². The monoisotopic (exact) mass is 443 g/mol. The highest BCUT2D eigenvalue weighted by Gasteiger charge is 2.32. The minimum absolute atomic E-state index is 0.150. The maximum atomic E-state index is 13.5. The largest absolute Gasteiger partial charge is 0.353 e.